The predicted octanol–water partition coefficient (Wildman–Crippen LogP) is 15.8. The van der Waals surface area contributed by atoms with Gasteiger partial charge in [-0.2, -0.15) is 0 Å². The molecule has 2 heterocycles. The summed E-state index contributed by atoms with van der Waals surface area (Å²) < 4.78 is 9.33. The van der Waals surface area contributed by atoms with Gasteiger partial charge in [0.2, 0.25) is 0 Å². The Balaban J connectivity index is 1.09. The van der Waals surface area contributed by atoms with E-state index in [1.165, 1.54) is 43.5 Å². The van der Waals surface area contributed by atoms with Gasteiger partial charge in [-0.15, -0.1) is 0 Å². The van der Waals surface area contributed by atoms with E-state index in [4.69, 9.17) is 4.42 Å². The Hall–Kier alpha value is -7.88. The molecule has 0 atom stereocenters. The van der Waals surface area contributed by atoms with Gasteiger partial charge >= 0.3 is 0 Å². The summed E-state index contributed by atoms with van der Waals surface area (Å²) in [5.74, 6) is 0. The molecule has 0 saturated heterocycles. The van der Waals surface area contributed by atoms with Gasteiger partial charge in [0.1, 0.15) is 11.2 Å². The number of aromatic nitrogens is 1. The molecule has 0 radical (unpaired) electrons. The summed E-state index contributed by atoms with van der Waals surface area (Å²) in [4.78, 5) is 2.41. The molecule has 3 nitrogen and oxygen atoms in total. The lowest BCUT2D eigenvalue weighted by atomic mass is 9.98. The molecule has 0 fully saturated rings. The molecule has 10 aromatic carbocycles. The van der Waals surface area contributed by atoms with E-state index in [9.17, 15) is 0 Å². The SMILES string of the molecule is c1cc(-c2ccc3ccccc3c2)cc(N(c2cccc(-n3c4ccccc4c4ccccc43)c2)c2ccccc2-c2cccc3c2oc2c4ccccc4ccc32)c1. The highest BCUT2D eigenvalue weighted by Gasteiger charge is 2.22. The minimum absolute atomic E-state index is 0.884. The first-order valence-corrected chi connectivity index (χ1v) is 20.2. The van der Waals surface area contributed by atoms with Gasteiger partial charge in [0.25, 0.3) is 0 Å². The third-order valence-corrected chi connectivity index (χ3v) is 11.9. The number of benzene rings is 10. The summed E-state index contributed by atoms with van der Waals surface area (Å²) in [5, 5.41) is 9.46. The molecule has 0 N–H and O–H groups in total. The van der Waals surface area contributed by atoms with E-state index < -0.39 is 0 Å². The monoisotopic (exact) mass is 752 g/mol. The largest absolute Gasteiger partial charge is 0.455 e. The summed E-state index contributed by atoms with van der Waals surface area (Å²) in [6.07, 6.45) is 0. The Morgan fingerprint density at radius 2 is 0.915 bits per heavy atom. The smallest absolute Gasteiger partial charge is 0.143 e. The summed E-state index contributed by atoms with van der Waals surface area (Å²) in [5.41, 5.74) is 12.9. The Labute approximate surface area is 341 Å². The molecular formula is C56H36N2O. The molecule has 0 amide bonds. The van der Waals surface area contributed by atoms with Crippen LogP contribution in [0.15, 0.2) is 223 Å². The third-order valence-electron chi connectivity index (χ3n) is 11.9. The minimum atomic E-state index is 0.884. The molecule has 59 heavy (non-hydrogen) atoms. The molecule has 0 aliphatic rings. The fraction of sp³-hybridized carbons (Fsp3) is 0. The molecule has 12 aromatic rings. The molecule has 3 heteroatoms. The van der Waals surface area contributed by atoms with Crippen molar-refractivity contribution in [3.8, 4) is 27.9 Å². The van der Waals surface area contributed by atoms with Crippen molar-refractivity contribution >= 4 is 82.4 Å². The van der Waals surface area contributed by atoms with E-state index in [-0.39, 0.29) is 0 Å². The van der Waals surface area contributed by atoms with Crippen LogP contribution >= 0.6 is 0 Å². The number of anilines is 3. The van der Waals surface area contributed by atoms with Gasteiger partial charge in [0.15, 0.2) is 0 Å². The van der Waals surface area contributed by atoms with Crippen LogP contribution in [0.4, 0.5) is 17.1 Å². The van der Waals surface area contributed by atoms with Gasteiger partial charge in [-0.25, -0.2) is 0 Å². The summed E-state index contributed by atoms with van der Waals surface area (Å²) >= 11 is 0. The Bertz CT molecular complexity index is 3540. The fourth-order valence-electron chi connectivity index (χ4n) is 9.23. The Morgan fingerprint density at radius 1 is 0.339 bits per heavy atom. The summed E-state index contributed by atoms with van der Waals surface area (Å²) in [6.45, 7) is 0. The third kappa shape index (κ3) is 5.36. The number of para-hydroxylation sites is 4. The maximum atomic E-state index is 6.94. The molecule has 0 unspecified atom stereocenters. The second-order valence-corrected chi connectivity index (χ2v) is 15.3. The lowest BCUT2D eigenvalue weighted by molar-refractivity contribution is 0.674. The minimum Gasteiger partial charge on any atom is -0.455 e. The number of furan rings is 1. The van der Waals surface area contributed by atoms with Crippen LogP contribution < -0.4 is 4.90 Å². The molecule has 0 aliphatic carbocycles. The van der Waals surface area contributed by atoms with Crippen LogP contribution in [0.2, 0.25) is 0 Å². The normalized spacial score (nSPS) is 11.7. The van der Waals surface area contributed by atoms with Crippen molar-refractivity contribution < 1.29 is 4.42 Å². The zero-order chi connectivity index (χ0) is 38.9. The summed E-state index contributed by atoms with van der Waals surface area (Å²) in [7, 11) is 0. The van der Waals surface area contributed by atoms with Crippen molar-refractivity contribution in [1.29, 1.82) is 0 Å². The van der Waals surface area contributed by atoms with Crippen LogP contribution in [0, 0.1) is 0 Å². The van der Waals surface area contributed by atoms with E-state index in [1.807, 2.05) is 0 Å². The van der Waals surface area contributed by atoms with Gasteiger partial charge in [-0.05, 0) is 87.9 Å². The second-order valence-electron chi connectivity index (χ2n) is 15.3. The van der Waals surface area contributed by atoms with Gasteiger partial charge in [-0.3, -0.25) is 0 Å². The number of rotatable bonds is 6. The van der Waals surface area contributed by atoms with Crippen LogP contribution in [-0.2, 0) is 0 Å². The molecule has 0 spiro atoms. The lowest BCUT2D eigenvalue weighted by Gasteiger charge is -2.29. The quantitative estimate of drug-likeness (QED) is 0.169. The van der Waals surface area contributed by atoms with Crippen molar-refractivity contribution in [3.05, 3.63) is 218 Å². The van der Waals surface area contributed by atoms with Crippen molar-refractivity contribution in [3.63, 3.8) is 0 Å². The highest BCUT2D eigenvalue weighted by atomic mass is 16.3. The van der Waals surface area contributed by atoms with Crippen molar-refractivity contribution in [2.24, 2.45) is 0 Å². The molecule has 276 valence electrons. The molecule has 0 saturated carbocycles. The van der Waals surface area contributed by atoms with Crippen LogP contribution in [0.25, 0.3) is 93.2 Å². The lowest BCUT2D eigenvalue weighted by Crippen LogP contribution is -2.12. The zero-order valence-electron chi connectivity index (χ0n) is 32.1. The highest BCUT2D eigenvalue weighted by molar-refractivity contribution is 6.18. The van der Waals surface area contributed by atoms with Crippen LogP contribution in [0.1, 0.15) is 0 Å². The molecule has 0 aliphatic heterocycles. The maximum absolute atomic E-state index is 6.94. The van der Waals surface area contributed by atoms with E-state index in [0.29, 0.717) is 0 Å². The number of hydrogen-bond donors (Lipinski definition) is 0. The van der Waals surface area contributed by atoms with Gasteiger partial charge in [0.05, 0.1) is 16.7 Å². The molecule has 2 aromatic heterocycles. The maximum Gasteiger partial charge on any atom is 0.143 e. The average molecular weight is 753 g/mol. The standard InChI is InChI=1S/C56H36N2O/c1-2-16-39-34-41(31-30-37(39)14-1)40-17-11-18-42(35-40)57(43-19-12-20-44(36-43)58-53-28-9-5-22-46(53)47-23-6-10-29-54(47)58)52-27-8-7-24-48(52)49-25-13-26-50-51-33-32-38-15-3-4-21-45(38)55(51)59-56(49)50/h1-36H. The van der Waals surface area contributed by atoms with Crippen LogP contribution in [-0.4, -0.2) is 4.57 Å². The van der Waals surface area contributed by atoms with E-state index in [0.717, 1.165) is 66.8 Å². The van der Waals surface area contributed by atoms with E-state index in [1.54, 1.807) is 0 Å². The van der Waals surface area contributed by atoms with Crippen molar-refractivity contribution in [2.45, 2.75) is 0 Å². The highest BCUT2D eigenvalue weighted by Crippen LogP contribution is 2.46. The number of nitrogens with zero attached hydrogens (tertiary/aromatic N) is 2. The molecular weight excluding hydrogens is 717 g/mol. The zero-order valence-corrected chi connectivity index (χ0v) is 32.1. The summed E-state index contributed by atoms with van der Waals surface area (Å²) in [6, 6.07) is 78.7. The average Bonchev–Trinajstić information content (AvgIpc) is 3.86. The van der Waals surface area contributed by atoms with Crippen LogP contribution in [0.5, 0.6) is 0 Å². The van der Waals surface area contributed by atoms with Crippen molar-refractivity contribution in [1.82, 2.24) is 4.57 Å². The fourth-order valence-corrected chi connectivity index (χ4v) is 9.23. The van der Waals surface area contributed by atoms with Gasteiger partial charge in [-0.1, -0.05) is 158 Å². The first-order valence-electron chi connectivity index (χ1n) is 20.2. The van der Waals surface area contributed by atoms with Crippen LogP contribution in [0.3, 0.4) is 0 Å². The van der Waals surface area contributed by atoms with E-state index >= 15 is 0 Å². The molecule has 12 rings (SSSR count). The van der Waals surface area contributed by atoms with Gasteiger partial charge in [0, 0.05) is 55.1 Å². The Kier molecular flexibility index (Phi) is 7.54. The molecule has 0 bridgehead atoms. The first-order chi connectivity index (χ1) is 29.3. The second kappa shape index (κ2) is 13.4. The number of hydrogen-bond acceptors (Lipinski definition) is 2. The first kappa shape index (κ1) is 33.3. The topological polar surface area (TPSA) is 21.3 Å². The number of fused-ring (bicyclic) bond motifs is 9. The Morgan fingerprint density at radius 3 is 1.75 bits per heavy atom. The predicted molar refractivity (Wildman–Crippen MR) is 249 cm³/mol. The van der Waals surface area contributed by atoms with Crippen molar-refractivity contribution in [2.75, 3.05) is 4.90 Å². The van der Waals surface area contributed by atoms with Gasteiger partial charge < -0.3 is 13.9 Å². The van der Waals surface area contributed by atoms with E-state index in [2.05, 4.69) is 228 Å².